The van der Waals surface area contributed by atoms with Crippen LogP contribution in [0, 0.1) is 5.92 Å². The summed E-state index contributed by atoms with van der Waals surface area (Å²) in [6.45, 7) is 6.80. The van der Waals surface area contributed by atoms with E-state index >= 15 is 0 Å². The van der Waals surface area contributed by atoms with Crippen molar-refractivity contribution in [1.29, 1.82) is 0 Å². The molecule has 0 atom stereocenters. The Morgan fingerprint density at radius 3 is 2.18 bits per heavy atom. The van der Waals surface area contributed by atoms with Crippen LogP contribution in [-0.2, 0) is 10.0 Å². The van der Waals surface area contributed by atoms with Crippen molar-refractivity contribution < 1.29 is 8.42 Å². The maximum Gasteiger partial charge on any atom is 0.214 e. The summed E-state index contributed by atoms with van der Waals surface area (Å²) >= 11 is 0. The first-order chi connectivity index (χ1) is 7.91. The molecule has 0 aromatic rings. The lowest BCUT2D eigenvalue weighted by atomic mass is 9.77. The van der Waals surface area contributed by atoms with E-state index in [-0.39, 0.29) is 11.3 Å². The third-order valence-corrected chi connectivity index (χ3v) is 6.15. The maximum atomic E-state index is 12.1. The fourth-order valence-corrected chi connectivity index (χ4v) is 4.39. The van der Waals surface area contributed by atoms with Gasteiger partial charge in [0.05, 0.1) is 5.75 Å². The highest BCUT2D eigenvalue weighted by molar-refractivity contribution is 7.89. The molecular weight excluding hydrogens is 236 g/mol. The van der Waals surface area contributed by atoms with Gasteiger partial charge >= 0.3 is 0 Å². The molecule has 0 aromatic heterocycles. The van der Waals surface area contributed by atoms with E-state index in [0.29, 0.717) is 19.0 Å². The standard InChI is InChI=1S/C12H26N2O2S/c1-4-14(17(15,16)5-2)12(10-13)8-6-11(3)7-9-12/h11H,4-10,13H2,1-3H3. The minimum atomic E-state index is -3.14. The van der Waals surface area contributed by atoms with Crippen molar-refractivity contribution in [2.75, 3.05) is 18.8 Å². The van der Waals surface area contributed by atoms with Gasteiger partial charge in [-0.3, -0.25) is 0 Å². The molecule has 0 saturated heterocycles. The number of hydrogen-bond donors (Lipinski definition) is 1. The summed E-state index contributed by atoms with van der Waals surface area (Å²) in [7, 11) is -3.14. The first-order valence-electron chi connectivity index (χ1n) is 6.62. The quantitative estimate of drug-likeness (QED) is 0.818. The number of nitrogens with zero attached hydrogens (tertiary/aromatic N) is 1. The maximum absolute atomic E-state index is 12.1. The third-order valence-electron chi connectivity index (χ3n) is 4.10. The summed E-state index contributed by atoms with van der Waals surface area (Å²) in [5.74, 6) is 0.857. The van der Waals surface area contributed by atoms with Crippen LogP contribution in [0.2, 0.25) is 0 Å². The molecule has 5 heteroatoms. The molecular formula is C12H26N2O2S. The Kier molecular flexibility index (Phi) is 4.98. The van der Waals surface area contributed by atoms with Gasteiger partial charge in [0.15, 0.2) is 0 Å². The van der Waals surface area contributed by atoms with Crippen LogP contribution in [0.3, 0.4) is 0 Å². The summed E-state index contributed by atoms with van der Waals surface area (Å²) in [4.78, 5) is 0. The van der Waals surface area contributed by atoms with Gasteiger partial charge in [0.25, 0.3) is 0 Å². The van der Waals surface area contributed by atoms with Crippen LogP contribution in [0.15, 0.2) is 0 Å². The molecule has 4 nitrogen and oxygen atoms in total. The van der Waals surface area contributed by atoms with E-state index < -0.39 is 10.0 Å². The Bertz CT molecular complexity index is 332. The molecule has 1 aliphatic rings. The van der Waals surface area contributed by atoms with Gasteiger partial charge in [-0.25, -0.2) is 8.42 Å². The largest absolute Gasteiger partial charge is 0.329 e. The summed E-state index contributed by atoms with van der Waals surface area (Å²) in [6.07, 6.45) is 3.95. The van der Waals surface area contributed by atoms with Gasteiger partial charge in [0, 0.05) is 18.6 Å². The topological polar surface area (TPSA) is 63.4 Å². The van der Waals surface area contributed by atoms with E-state index in [0.717, 1.165) is 25.7 Å². The lowest BCUT2D eigenvalue weighted by molar-refractivity contribution is 0.120. The monoisotopic (exact) mass is 262 g/mol. The van der Waals surface area contributed by atoms with Crippen molar-refractivity contribution in [3.05, 3.63) is 0 Å². The Hall–Kier alpha value is -0.130. The van der Waals surface area contributed by atoms with E-state index in [1.807, 2.05) is 6.92 Å². The van der Waals surface area contributed by atoms with Crippen LogP contribution < -0.4 is 5.73 Å². The van der Waals surface area contributed by atoms with Crippen molar-refractivity contribution in [2.45, 2.75) is 52.0 Å². The summed E-state index contributed by atoms with van der Waals surface area (Å²) in [5.41, 5.74) is 5.58. The van der Waals surface area contributed by atoms with Crippen LogP contribution in [0.25, 0.3) is 0 Å². The minimum Gasteiger partial charge on any atom is -0.329 e. The zero-order chi connectivity index (χ0) is 13.1. The molecule has 1 aliphatic carbocycles. The van der Waals surface area contributed by atoms with Crippen LogP contribution >= 0.6 is 0 Å². The molecule has 0 radical (unpaired) electrons. The van der Waals surface area contributed by atoms with Gasteiger partial charge in [-0.05, 0) is 38.5 Å². The van der Waals surface area contributed by atoms with Crippen LogP contribution in [-0.4, -0.2) is 37.1 Å². The van der Waals surface area contributed by atoms with E-state index in [4.69, 9.17) is 5.73 Å². The number of nitrogens with two attached hydrogens (primary N) is 1. The van der Waals surface area contributed by atoms with Gasteiger partial charge in [-0.15, -0.1) is 0 Å². The average Bonchev–Trinajstić information content (AvgIpc) is 2.32. The van der Waals surface area contributed by atoms with Gasteiger partial charge < -0.3 is 5.73 Å². The molecule has 0 heterocycles. The molecule has 0 amide bonds. The van der Waals surface area contributed by atoms with Gasteiger partial charge in [-0.1, -0.05) is 13.8 Å². The second kappa shape index (κ2) is 5.67. The lowest BCUT2D eigenvalue weighted by Gasteiger charge is -2.45. The zero-order valence-electron chi connectivity index (χ0n) is 11.3. The van der Waals surface area contributed by atoms with Crippen LogP contribution in [0.5, 0.6) is 0 Å². The molecule has 1 rings (SSSR count). The first kappa shape index (κ1) is 14.9. The molecule has 1 fully saturated rings. The second-order valence-electron chi connectivity index (χ2n) is 5.18. The van der Waals surface area contributed by atoms with E-state index in [2.05, 4.69) is 6.92 Å². The predicted octanol–water partition coefficient (Wildman–Crippen LogP) is 1.57. The highest BCUT2D eigenvalue weighted by atomic mass is 32.2. The van der Waals surface area contributed by atoms with Gasteiger partial charge in [-0.2, -0.15) is 4.31 Å². The van der Waals surface area contributed by atoms with Crippen LogP contribution in [0.1, 0.15) is 46.5 Å². The zero-order valence-corrected chi connectivity index (χ0v) is 12.1. The molecule has 0 aliphatic heterocycles. The van der Waals surface area contributed by atoms with Crippen molar-refractivity contribution in [3.63, 3.8) is 0 Å². The minimum absolute atomic E-state index is 0.165. The van der Waals surface area contributed by atoms with Crippen molar-refractivity contribution >= 4 is 10.0 Å². The Balaban J connectivity index is 2.98. The van der Waals surface area contributed by atoms with Crippen molar-refractivity contribution in [2.24, 2.45) is 11.7 Å². The van der Waals surface area contributed by atoms with Crippen molar-refractivity contribution in [1.82, 2.24) is 4.31 Å². The Morgan fingerprint density at radius 2 is 1.82 bits per heavy atom. The summed E-state index contributed by atoms with van der Waals surface area (Å²) < 4.78 is 26.0. The van der Waals surface area contributed by atoms with E-state index in [1.54, 1.807) is 11.2 Å². The van der Waals surface area contributed by atoms with Gasteiger partial charge in [0.2, 0.25) is 10.0 Å². The molecule has 0 unspecified atom stereocenters. The molecule has 102 valence electrons. The predicted molar refractivity (Wildman–Crippen MR) is 71.3 cm³/mol. The lowest BCUT2D eigenvalue weighted by Crippen LogP contribution is -2.58. The Labute approximate surface area is 106 Å². The molecule has 17 heavy (non-hydrogen) atoms. The first-order valence-corrected chi connectivity index (χ1v) is 8.23. The number of likely N-dealkylation sites (N-methyl/N-ethyl adjacent to an activating group) is 1. The highest BCUT2D eigenvalue weighted by Crippen LogP contribution is 2.37. The van der Waals surface area contributed by atoms with E-state index in [9.17, 15) is 8.42 Å². The molecule has 2 N–H and O–H groups in total. The molecule has 0 bridgehead atoms. The van der Waals surface area contributed by atoms with Gasteiger partial charge in [0.1, 0.15) is 0 Å². The number of sulfonamides is 1. The molecule has 1 saturated carbocycles. The normalized spacial score (nSPS) is 30.8. The smallest absolute Gasteiger partial charge is 0.214 e. The number of hydrogen-bond acceptors (Lipinski definition) is 3. The third kappa shape index (κ3) is 3.01. The molecule has 0 spiro atoms. The average molecular weight is 262 g/mol. The second-order valence-corrected chi connectivity index (χ2v) is 7.36. The van der Waals surface area contributed by atoms with E-state index in [1.165, 1.54) is 0 Å². The fourth-order valence-electron chi connectivity index (χ4n) is 2.84. The fraction of sp³-hybridized carbons (Fsp3) is 1.00. The van der Waals surface area contributed by atoms with Crippen LogP contribution in [0.4, 0.5) is 0 Å². The highest BCUT2D eigenvalue weighted by Gasteiger charge is 2.42. The SMILES string of the molecule is CCN(C1(CN)CCC(C)CC1)S(=O)(=O)CC. The Morgan fingerprint density at radius 1 is 1.29 bits per heavy atom. The summed E-state index contributed by atoms with van der Waals surface area (Å²) in [5, 5.41) is 0. The summed E-state index contributed by atoms with van der Waals surface area (Å²) in [6, 6.07) is 0. The van der Waals surface area contributed by atoms with Crippen molar-refractivity contribution in [3.8, 4) is 0 Å². The number of rotatable bonds is 5. The molecule has 0 aromatic carbocycles.